The number of hydrogen-bond acceptors (Lipinski definition) is 2. The molecular formula is C16H32O2. The summed E-state index contributed by atoms with van der Waals surface area (Å²) < 4.78 is 6.29. The van der Waals surface area contributed by atoms with E-state index >= 15 is 0 Å². The van der Waals surface area contributed by atoms with Crippen LogP contribution in [0.5, 0.6) is 0 Å². The summed E-state index contributed by atoms with van der Waals surface area (Å²) in [6, 6.07) is 0. The zero-order valence-corrected chi connectivity index (χ0v) is 13.7. The molecule has 0 amide bonds. The Kier molecular flexibility index (Phi) is 3.98. The molecule has 0 aromatic rings. The van der Waals surface area contributed by atoms with Crippen molar-refractivity contribution in [2.75, 3.05) is 0 Å². The van der Waals surface area contributed by atoms with Gasteiger partial charge in [0.2, 0.25) is 0 Å². The van der Waals surface area contributed by atoms with Gasteiger partial charge in [-0.3, -0.25) is 0 Å². The van der Waals surface area contributed by atoms with E-state index < -0.39 is 0 Å². The molecule has 1 aliphatic rings. The third-order valence-electron chi connectivity index (χ3n) is 4.00. The average Bonchev–Trinajstić information content (AvgIpc) is 2.39. The molecule has 1 rings (SSSR count). The summed E-state index contributed by atoms with van der Waals surface area (Å²) in [6.45, 7) is 19.6. The Morgan fingerprint density at radius 1 is 0.667 bits per heavy atom. The third kappa shape index (κ3) is 3.08. The van der Waals surface area contributed by atoms with Crippen molar-refractivity contribution in [3.05, 3.63) is 0 Å². The van der Waals surface area contributed by atoms with Crippen LogP contribution >= 0.6 is 0 Å². The summed E-state index contributed by atoms with van der Waals surface area (Å²) in [5, 5.41) is 10.7. The Hall–Kier alpha value is -0.0800. The van der Waals surface area contributed by atoms with Gasteiger partial charge in [-0.15, -0.1) is 0 Å². The summed E-state index contributed by atoms with van der Waals surface area (Å²) in [7, 11) is 0. The molecule has 0 bridgehead atoms. The molecule has 0 aromatic heterocycles. The molecule has 0 saturated carbocycles. The highest BCUT2D eigenvalue weighted by Gasteiger charge is 2.55. The molecule has 0 spiro atoms. The number of hydrogen-bond donors (Lipinski definition) is 1. The third-order valence-corrected chi connectivity index (χ3v) is 4.00. The first-order valence-corrected chi connectivity index (χ1v) is 7.10. The summed E-state index contributed by atoms with van der Waals surface area (Å²) in [5.41, 5.74) is 0.0825. The minimum Gasteiger partial charge on any atom is -0.390 e. The van der Waals surface area contributed by atoms with Crippen LogP contribution in [0.25, 0.3) is 0 Å². The second-order valence-electron chi connectivity index (χ2n) is 9.09. The van der Waals surface area contributed by atoms with Crippen molar-refractivity contribution in [2.24, 2.45) is 22.2 Å². The van der Waals surface area contributed by atoms with Crippen molar-refractivity contribution < 1.29 is 9.84 Å². The monoisotopic (exact) mass is 256 g/mol. The lowest BCUT2D eigenvalue weighted by Crippen LogP contribution is -2.43. The fraction of sp³-hybridized carbons (Fsp3) is 1.00. The van der Waals surface area contributed by atoms with Crippen LogP contribution in [0, 0.1) is 22.2 Å². The van der Waals surface area contributed by atoms with Crippen molar-refractivity contribution in [3.63, 3.8) is 0 Å². The number of aliphatic hydroxyl groups excluding tert-OH is 1. The Balaban J connectivity index is 3.13. The van der Waals surface area contributed by atoms with E-state index in [0.29, 0.717) is 0 Å². The van der Waals surface area contributed by atoms with Gasteiger partial charge >= 0.3 is 0 Å². The van der Waals surface area contributed by atoms with Crippen molar-refractivity contribution >= 4 is 0 Å². The minimum atomic E-state index is -0.380. The zero-order valence-electron chi connectivity index (χ0n) is 13.7. The standard InChI is InChI=1S/C16H32O2/c1-14(2,3)10-11(17)13(16(7,8)9)18-12(10)15(4,5)6/h10-13,17H,1-9H3/t10-,11+,12-,13+/m0/s1. The van der Waals surface area contributed by atoms with Crippen LogP contribution in [0.15, 0.2) is 0 Å². The normalized spacial score (nSPS) is 35.0. The second-order valence-corrected chi connectivity index (χ2v) is 9.09. The average molecular weight is 256 g/mol. The van der Waals surface area contributed by atoms with Crippen LogP contribution in [0.4, 0.5) is 0 Å². The van der Waals surface area contributed by atoms with Crippen LogP contribution in [-0.2, 0) is 4.74 Å². The first-order valence-electron chi connectivity index (χ1n) is 7.10. The lowest BCUT2D eigenvalue weighted by atomic mass is 9.67. The van der Waals surface area contributed by atoms with Gasteiger partial charge in [0.05, 0.1) is 18.3 Å². The van der Waals surface area contributed by atoms with Gasteiger partial charge in [0.25, 0.3) is 0 Å². The van der Waals surface area contributed by atoms with Gasteiger partial charge in [0.15, 0.2) is 0 Å². The molecule has 1 heterocycles. The van der Waals surface area contributed by atoms with Gasteiger partial charge < -0.3 is 9.84 Å². The maximum atomic E-state index is 10.7. The van der Waals surface area contributed by atoms with Crippen LogP contribution in [0.3, 0.4) is 0 Å². The molecule has 1 N–H and O–H groups in total. The van der Waals surface area contributed by atoms with E-state index in [9.17, 15) is 5.11 Å². The molecule has 18 heavy (non-hydrogen) atoms. The largest absolute Gasteiger partial charge is 0.390 e. The summed E-state index contributed by atoms with van der Waals surface area (Å²) in [6.07, 6.45) is -0.350. The predicted molar refractivity (Wildman–Crippen MR) is 76.5 cm³/mol. The molecule has 1 fully saturated rings. The topological polar surface area (TPSA) is 29.5 Å². The van der Waals surface area contributed by atoms with Gasteiger partial charge in [-0.2, -0.15) is 0 Å². The quantitative estimate of drug-likeness (QED) is 0.713. The van der Waals surface area contributed by atoms with Crippen molar-refractivity contribution in [2.45, 2.75) is 80.6 Å². The van der Waals surface area contributed by atoms with E-state index in [1.54, 1.807) is 0 Å². The lowest BCUT2D eigenvalue weighted by Gasteiger charge is -2.39. The van der Waals surface area contributed by atoms with Gasteiger partial charge in [-0.1, -0.05) is 62.3 Å². The van der Waals surface area contributed by atoms with E-state index in [2.05, 4.69) is 62.3 Å². The number of aliphatic hydroxyl groups is 1. The number of rotatable bonds is 0. The van der Waals surface area contributed by atoms with Crippen LogP contribution in [0.2, 0.25) is 0 Å². The van der Waals surface area contributed by atoms with Gasteiger partial charge in [0.1, 0.15) is 0 Å². The van der Waals surface area contributed by atoms with E-state index in [-0.39, 0.29) is 40.5 Å². The van der Waals surface area contributed by atoms with E-state index in [1.807, 2.05) is 0 Å². The Morgan fingerprint density at radius 3 is 1.28 bits per heavy atom. The maximum Gasteiger partial charge on any atom is 0.0890 e. The molecule has 1 saturated heterocycles. The summed E-state index contributed by atoms with van der Waals surface area (Å²) in [4.78, 5) is 0. The first-order chi connectivity index (χ1) is 7.76. The lowest BCUT2D eigenvalue weighted by molar-refractivity contribution is -0.0822. The Labute approximate surface area is 113 Å². The molecular weight excluding hydrogens is 224 g/mol. The van der Waals surface area contributed by atoms with Crippen molar-refractivity contribution in [1.82, 2.24) is 0 Å². The molecule has 2 heteroatoms. The highest BCUT2D eigenvalue weighted by Crippen LogP contribution is 2.49. The van der Waals surface area contributed by atoms with Crippen molar-refractivity contribution in [3.8, 4) is 0 Å². The predicted octanol–water partition coefficient (Wildman–Crippen LogP) is 3.87. The smallest absolute Gasteiger partial charge is 0.0890 e. The second kappa shape index (κ2) is 4.49. The van der Waals surface area contributed by atoms with Crippen molar-refractivity contribution in [1.29, 1.82) is 0 Å². The molecule has 0 unspecified atom stereocenters. The maximum absolute atomic E-state index is 10.7. The molecule has 0 aliphatic carbocycles. The zero-order chi connectivity index (χ0) is 14.5. The molecule has 1 aliphatic heterocycles. The van der Waals surface area contributed by atoms with E-state index in [0.717, 1.165) is 0 Å². The summed E-state index contributed by atoms with van der Waals surface area (Å²) >= 11 is 0. The molecule has 4 atom stereocenters. The van der Waals surface area contributed by atoms with E-state index in [4.69, 9.17) is 4.74 Å². The fourth-order valence-electron chi connectivity index (χ4n) is 3.12. The first kappa shape index (κ1) is 16.0. The van der Waals surface area contributed by atoms with Gasteiger partial charge in [-0.05, 0) is 16.2 Å². The highest BCUT2D eigenvalue weighted by molar-refractivity contribution is 5.02. The van der Waals surface area contributed by atoms with Crippen LogP contribution < -0.4 is 0 Å². The Morgan fingerprint density at radius 2 is 1.06 bits per heavy atom. The fourth-order valence-corrected chi connectivity index (χ4v) is 3.12. The SMILES string of the molecule is CC(C)(C)[C@H]1[C@@H](O)[C@H](C(C)(C)C)O[C@@H]1C(C)(C)C. The molecule has 0 aromatic carbocycles. The van der Waals surface area contributed by atoms with Crippen LogP contribution in [0.1, 0.15) is 62.3 Å². The Bertz CT molecular complexity index is 288. The van der Waals surface area contributed by atoms with Gasteiger partial charge in [0, 0.05) is 5.92 Å². The number of ether oxygens (including phenoxy) is 1. The van der Waals surface area contributed by atoms with E-state index in [1.165, 1.54) is 0 Å². The minimum absolute atomic E-state index is 0.0249. The van der Waals surface area contributed by atoms with Crippen LogP contribution in [-0.4, -0.2) is 23.4 Å². The molecule has 2 nitrogen and oxygen atoms in total. The summed E-state index contributed by atoms with van der Waals surface area (Å²) in [5.74, 6) is 0.182. The highest BCUT2D eigenvalue weighted by atomic mass is 16.5. The van der Waals surface area contributed by atoms with Gasteiger partial charge in [-0.25, -0.2) is 0 Å². The molecule has 108 valence electrons. The molecule has 0 radical (unpaired) electrons.